The number of pyridine rings is 2. The lowest BCUT2D eigenvalue weighted by molar-refractivity contribution is -0.120. The van der Waals surface area contributed by atoms with Crippen LogP contribution in [0.25, 0.3) is 22.6 Å². The number of carbonyl (C=O) groups excluding carboxylic acids is 2. The molecule has 0 spiro atoms. The smallest absolute Gasteiger partial charge is 0.255 e. The molecule has 1 aliphatic rings. The van der Waals surface area contributed by atoms with Gasteiger partial charge in [-0.2, -0.15) is 5.26 Å². The van der Waals surface area contributed by atoms with Gasteiger partial charge < -0.3 is 10.6 Å². The third-order valence-corrected chi connectivity index (χ3v) is 7.18. The second kappa shape index (κ2) is 10.3. The van der Waals surface area contributed by atoms with Gasteiger partial charge in [0.25, 0.3) is 5.91 Å². The maximum atomic E-state index is 13.0. The fourth-order valence-corrected chi connectivity index (χ4v) is 4.12. The highest BCUT2D eigenvalue weighted by Gasteiger charge is 2.45. The number of amides is 2. The van der Waals surface area contributed by atoms with Gasteiger partial charge in [-0.15, -0.1) is 0 Å². The molecule has 0 atom stereocenters. The van der Waals surface area contributed by atoms with E-state index in [4.69, 9.17) is 4.98 Å². The van der Waals surface area contributed by atoms with Crippen LogP contribution in [0.4, 0.5) is 11.5 Å². The van der Waals surface area contributed by atoms with Crippen molar-refractivity contribution in [2.45, 2.75) is 46.0 Å². The number of anilines is 2. The van der Waals surface area contributed by atoms with Gasteiger partial charge >= 0.3 is 0 Å². The third-order valence-electron chi connectivity index (χ3n) is 7.18. The number of benzene rings is 1. The SMILES string of the molecule is Cc1ccc(NC(=O)c2ccnc(C(C)(C)C#N)c2)cc1-c1ccnc(-c2ccnc(NC(=O)C3(C)CC3)c2)n1. The van der Waals surface area contributed by atoms with Crippen LogP contribution in [0, 0.1) is 23.7 Å². The van der Waals surface area contributed by atoms with Crippen molar-refractivity contribution in [2.24, 2.45) is 5.41 Å². The van der Waals surface area contributed by atoms with Crippen LogP contribution in [0.15, 0.2) is 67.1 Å². The summed E-state index contributed by atoms with van der Waals surface area (Å²) in [6, 6.07) is 16.5. The maximum absolute atomic E-state index is 13.0. The summed E-state index contributed by atoms with van der Waals surface area (Å²) < 4.78 is 0. The van der Waals surface area contributed by atoms with Gasteiger partial charge in [0.2, 0.25) is 5.91 Å². The molecule has 0 aliphatic heterocycles. The Morgan fingerprint density at radius 3 is 2.45 bits per heavy atom. The molecule has 5 rings (SSSR count). The van der Waals surface area contributed by atoms with Crippen molar-refractivity contribution in [1.82, 2.24) is 19.9 Å². The fraction of sp³-hybridized carbons (Fsp3) is 0.258. The van der Waals surface area contributed by atoms with Crippen molar-refractivity contribution >= 4 is 23.3 Å². The molecule has 9 nitrogen and oxygen atoms in total. The molecule has 4 aromatic rings. The second-order valence-electron chi connectivity index (χ2n) is 10.9. The highest BCUT2D eigenvalue weighted by molar-refractivity contribution is 6.04. The minimum Gasteiger partial charge on any atom is -0.322 e. The monoisotopic (exact) mass is 531 g/mol. The molecule has 3 heterocycles. The van der Waals surface area contributed by atoms with Gasteiger partial charge in [0.15, 0.2) is 5.82 Å². The summed E-state index contributed by atoms with van der Waals surface area (Å²) in [5.41, 5.74) is 3.66. The molecular weight excluding hydrogens is 502 g/mol. The van der Waals surface area contributed by atoms with Crippen LogP contribution in [0.1, 0.15) is 55.2 Å². The van der Waals surface area contributed by atoms with Crippen molar-refractivity contribution in [3.05, 3.63) is 83.9 Å². The predicted molar refractivity (Wildman–Crippen MR) is 152 cm³/mol. The second-order valence-corrected chi connectivity index (χ2v) is 10.9. The van der Waals surface area contributed by atoms with Gasteiger partial charge in [-0.05, 0) is 81.6 Å². The van der Waals surface area contributed by atoms with E-state index < -0.39 is 5.41 Å². The number of rotatable bonds is 7. The van der Waals surface area contributed by atoms with Crippen LogP contribution >= 0.6 is 0 Å². The van der Waals surface area contributed by atoms with E-state index in [1.807, 2.05) is 38.1 Å². The Morgan fingerprint density at radius 2 is 1.70 bits per heavy atom. The fourth-order valence-electron chi connectivity index (χ4n) is 4.12. The van der Waals surface area contributed by atoms with Crippen molar-refractivity contribution in [1.29, 1.82) is 5.26 Å². The number of hydrogen-bond acceptors (Lipinski definition) is 7. The van der Waals surface area contributed by atoms with Gasteiger partial charge in [0.1, 0.15) is 5.82 Å². The van der Waals surface area contributed by atoms with E-state index in [-0.39, 0.29) is 17.2 Å². The lowest BCUT2D eigenvalue weighted by Crippen LogP contribution is -2.21. The van der Waals surface area contributed by atoms with E-state index in [1.165, 1.54) is 6.20 Å². The van der Waals surface area contributed by atoms with Gasteiger partial charge in [-0.1, -0.05) is 13.0 Å². The first-order chi connectivity index (χ1) is 19.1. The van der Waals surface area contributed by atoms with Crippen molar-refractivity contribution in [3.8, 4) is 28.7 Å². The molecule has 2 N–H and O–H groups in total. The van der Waals surface area contributed by atoms with Gasteiger partial charge in [0, 0.05) is 46.4 Å². The Hall–Kier alpha value is -4.97. The Labute approximate surface area is 232 Å². The van der Waals surface area contributed by atoms with E-state index >= 15 is 0 Å². The normalized spacial score (nSPS) is 13.7. The number of aryl methyl sites for hydroxylation is 1. The summed E-state index contributed by atoms with van der Waals surface area (Å²) in [5.74, 6) is 0.620. The highest BCUT2D eigenvalue weighted by Crippen LogP contribution is 2.45. The number of nitrogens with one attached hydrogen (secondary N) is 2. The zero-order chi connectivity index (χ0) is 28.5. The zero-order valence-electron chi connectivity index (χ0n) is 22.8. The van der Waals surface area contributed by atoms with Gasteiger partial charge in [0.05, 0.1) is 22.9 Å². The zero-order valence-corrected chi connectivity index (χ0v) is 22.8. The highest BCUT2D eigenvalue weighted by atomic mass is 16.2. The average molecular weight is 532 g/mol. The van der Waals surface area contributed by atoms with Crippen LogP contribution in [0.2, 0.25) is 0 Å². The molecule has 40 heavy (non-hydrogen) atoms. The first-order valence-corrected chi connectivity index (χ1v) is 13.0. The lowest BCUT2D eigenvalue weighted by atomic mass is 9.90. The van der Waals surface area contributed by atoms with Crippen molar-refractivity contribution < 1.29 is 9.59 Å². The minimum absolute atomic E-state index is 0.0296. The van der Waals surface area contributed by atoms with Gasteiger partial charge in [-0.3, -0.25) is 14.6 Å². The predicted octanol–water partition coefficient (Wildman–Crippen LogP) is 5.70. The molecule has 3 aromatic heterocycles. The molecule has 0 bridgehead atoms. The molecular formula is C31H29N7O2. The van der Waals surface area contributed by atoms with Crippen LogP contribution in [-0.2, 0) is 10.2 Å². The van der Waals surface area contributed by atoms with E-state index in [0.29, 0.717) is 34.3 Å². The third kappa shape index (κ3) is 5.57. The number of nitrogens with zero attached hydrogens (tertiary/aromatic N) is 5. The first-order valence-electron chi connectivity index (χ1n) is 13.0. The van der Waals surface area contributed by atoms with E-state index in [2.05, 4.69) is 31.7 Å². The summed E-state index contributed by atoms with van der Waals surface area (Å²) in [6.45, 7) is 7.44. The molecule has 2 amide bonds. The maximum Gasteiger partial charge on any atom is 0.255 e. The molecule has 0 radical (unpaired) electrons. The summed E-state index contributed by atoms with van der Waals surface area (Å²) in [5, 5.41) is 15.3. The summed E-state index contributed by atoms with van der Waals surface area (Å²) in [7, 11) is 0. The number of aromatic nitrogens is 4. The minimum atomic E-state index is -0.811. The topological polar surface area (TPSA) is 134 Å². The molecule has 0 unspecified atom stereocenters. The number of carbonyl (C=O) groups is 2. The van der Waals surface area contributed by atoms with Crippen molar-refractivity contribution in [2.75, 3.05) is 10.6 Å². The summed E-state index contributed by atoms with van der Waals surface area (Å²) >= 11 is 0. The van der Waals surface area contributed by atoms with E-state index in [1.54, 1.807) is 50.5 Å². The Balaban J connectivity index is 1.38. The van der Waals surface area contributed by atoms with Crippen LogP contribution < -0.4 is 10.6 Å². The Kier molecular flexibility index (Phi) is 6.86. The lowest BCUT2D eigenvalue weighted by Gasteiger charge is -2.15. The van der Waals surface area contributed by atoms with Gasteiger partial charge in [-0.25, -0.2) is 15.0 Å². The first kappa shape index (κ1) is 26.6. The quantitative estimate of drug-likeness (QED) is 0.312. The average Bonchev–Trinajstić information content (AvgIpc) is 3.73. The van der Waals surface area contributed by atoms with Crippen LogP contribution in [-0.4, -0.2) is 31.8 Å². The van der Waals surface area contributed by atoms with Crippen molar-refractivity contribution in [3.63, 3.8) is 0 Å². The van der Waals surface area contributed by atoms with E-state index in [0.717, 1.165) is 29.5 Å². The van der Waals surface area contributed by atoms with Crippen LogP contribution in [0.5, 0.6) is 0 Å². The number of nitriles is 1. The Bertz CT molecular complexity index is 1670. The largest absolute Gasteiger partial charge is 0.322 e. The molecule has 0 saturated heterocycles. The van der Waals surface area contributed by atoms with Crippen LogP contribution in [0.3, 0.4) is 0 Å². The summed E-state index contributed by atoms with van der Waals surface area (Å²) in [6.07, 6.45) is 6.60. The standard InChI is InChI=1S/C31H29N7O2/c1-19-5-6-22(36-28(39)21-8-12-33-25(15-21)30(2,3)18-32)17-23(19)24-9-14-35-27(37-24)20-7-13-34-26(16-20)38-29(40)31(4)10-11-31/h5-9,12-17H,10-11H2,1-4H3,(H,36,39)(H,34,38,40). The molecule has 1 aliphatic carbocycles. The molecule has 9 heteroatoms. The molecule has 1 fully saturated rings. The Morgan fingerprint density at radius 1 is 0.950 bits per heavy atom. The molecule has 200 valence electrons. The molecule has 1 saturated carbocycles. The summed E-state index contributed by atoms with van der Waals surface area (Å²) in [4.78, 5) is 43.3. The number of hydrogen-bond donors (Lipinski definition) is 2. The molecule has 1 aromatic carbocycles. The van der Waals surface area contributed by atoms with E-state index in [9.17, 15) is 14.9 Å².